The molecule has 1 aromatic heterocycles. The highest BCUT2D eigenvalue weighted by Crippen LogP contribution is 2.22. The van der Waals surface area contributed by atoms with Gasteiger partial charge in [-0.05, 0) is 44.4 Å². The van der Waals surface area contributed by atoms with E-state index in [4.69, 9.17) is 4.74 Å². The number of carbonyl (C=O) groups excluding carboxylic acids is 2. The van der Waals surface area contributed by atoms with Gasteiger partial charge in [0.1, 0.15) is 5.70 Å². The number of aryl methyl sites for hydroxylation is 1. The lowest BCUT2D eigenvalue weighted by Gasteiger charge is -2.32. The smallest absolute Gasteiger partial charge is 0.310 e. The number of piperidine rings is 1. The second-order valence-corrected chi connectivity index (χ2v) is 7.19. The van der Waals surface area contributed by atoms with Crippen molar-refractivity contribution in [3.05, 3.63) is 70.1 Å². The molecule has 1 aliphatic heterocycles. The summed E-state index contributed by atoms with van der Waals surface area (Å²) in [5, 5.41) is 0. The van der Waals surface area contributed by atoms with Crippen molar-refractivity contribution in [1.29, 1.82) is 0 Å². The molecular formula is C23H26N2O4. The number of esters is 1. The second kappa shape index (κ2) is 9.37. The Hall–Kier alpha value is -3.15. The number of likely N-dealkylation sites (tertiary alicyclic amines) is 1. The van der Waals surface area contributed by atoms with Crippen molar-refractivity contribution < 1.29 is 14.3 Å². The van der Waals surface area contributed by atoms with Gasteiger partial charge in [0.2, 0.25) is 0 Å². The summed E-state index contributed by atoms with van der Waals surface area (Å²) in [5.41, 5.74) is 1.93. The molecular weight excluding hydrogens is 368 g/mol. The van der Waals surface area contributed by atoms with Gasteiger partial charge in [-0.3, -0.25) is 19.0 Å². The topological polar surface area (TPSA) is 68.6 Å². The number of benzene rings is 1. The van der Waals surface area contributed by atoms with Gasteiger partial charge in [-0.25, -0.2) is 0 Å². The van der Waals surface area contributed by atoms with E-state index in [9.17, 15) is 14.4 Å². The molecule has 1 aliphatic rings. The van der Waals surface area contributed by atoms with E-state index in [2.05, 4.69) is 0 Å². The van der Waals surface area contributed by atoms with Crippen LogP contribution in [0.2, 0.25) is 0 Å². The Morgan fingerprint density at radius 3 is 2.62 bits per heavy atom. The first kappa shape index (κ1) is 20.6. The predicted octanol–water partition coefficient (Wildman–Crippen LogP) is 2.96. The van der Waals surface area contributed by atoms with E-state index in [1.54, 1.807) is 36.2 Å². The third-order valence-corrected chi connectivity index (χ3v) is 5.01. The fraction of sp³-hybridized carbons (Fsp3) is 0.348. The van der Waals surface area contributed by atoms with Crippen molar-refractivity contribution in [2.24, 2.45) is 5.92 Å². The summed E-state index contributed by atoms with van der Waals surface area (Å²) in [6.45, 7) is 4.92. The van der Waals surface area contributed by atoms with Crippen LogP contribution >= 0.6 is 0 Å². The first-order chi connectivity index (χ1) is 14.0. The Balaban J connectivity index is 1.94. The first-order valence-corrected chi connectivity index (χ1v) is 9.92. The van der Waals surface area contributed by atoms with Gasteiger partial charge >= 0.3 is 5.97 Å². The summed E-state index contributed by atoms with van der Waals surface area (Å²) >= 11 is 0. The zero-order valence-corrected chi connectivity index (χ0v) is 16.8. The van der Waals surface area contributed by atoms with E-state index in [1.165, 1.54) is 10.6 Å². The zero-order valence-electron chi connectivity index (χ0n) is 16.8. The maximum absolute atomic E-state index is 13.4. The van der Waals surface area contributed by atoms with Crippen LogP contribution in [0.1, 0.15) is 30.9 Å². The number of rotatable bonds is 5. The minimum atomic E-state index is -0.333. The van der Waals surface area contributed by atoms with Gasteiger partial charge in [0.15, 0.2) is 0 Å². The number of ether oxygens (including phenoxy) is 1. The Kier molecular flexibility index (Phi) is 6.65. The third-order valence-electron chi connectivity index (χ3n) is 5.01. The lowest BCUT2D eigenvalue weighted by Crippen LogP contribution is -2.44. The number of hydrogen-bond donors (Lipinski definition) is 0. The quantitative estimate of drug-likeness (QED) is 0.578. The summed E-state index contributed by atoms with van der Waals surface area (Å²) in [5.74, 6) is -0.875. The molecule has 0 saturated carbocycles. The molecule has 152 valence electrons. The molecule has 0 radical (unpaired) electrons. The first-order valence-electron chi connectivity index (χ1n) is 9.92. The van der Waals surface area contributed by atoms with Gasteiger partial charge in [0, 0.05) is 25.4 Å². The highest BCUT2D eigenvalue weighted by atomic mass is 16.5. The third kappa shape index (κ3) is 5.02. The standard InChI is InChI=1S/C23H26N2O4/c1-3-29-23(28)19-7-6-13-24(16-19)22(27)20(25-14-5-4-8-21(25)26)15-18-11-9-17(2)10-12-18/h4-5,8-12,14-15,19H,3,6-7,13,16H2,1-2H3/b20-15+/t19-/m1/s1. The second-order valence-electron chi connectivity index (χ2n) is 7.19. The fourth-order valence-corrected chi connectivity index (χ4v) is 3.46. The minimum Gasteiger partial charge on any atom is -0.466 e. The average Bonchev–Trinajstić information content (AvgIpc) is 2.74. The number of pyridine rings is 1. The number of carbonyl (C=O) groups is 2. The van der Waals surface area contributed by atoms with Crippen LogP contribution in [0.25, 0.3) is 11.8 Å². The molecule has 3 rings (SSSR count). The van der Waals surface area contributed by atoms with Gasteiger partial charge in [-0.15, -0.1) is 0 Å². The minimum absolute atomic E-state index is 0.268. The van der Waals surface area contributed by atoms with Crippen molar-refractivity contribution in [3.63, 3.8) is 0 Å². The zero-order chi connectivity index (χ0) is 20.8. The van der Waals surface area contributed by atoms with Crippen LogP contribution in [0, 0.1) is 12.8 Å². The van der Waals surface area contributed by atoms with Crippen molar-refractivity contribution in [1.82, 2.24) is 9.47 Å². The van der Waals surface area contributed by atoms with E-state index in [0.29, 0.717) is 26.1 Å². The van der Waals surface area contributed by atoms with Gasteiger partial charge in [-0.1, -0.05) is 35.9 Å². The van der Waals surface area contributed by atoms with Gasteiger partial charge in [0.05, 0.1) is 12.5 Å². The number of amides is 1. The molecule has 6 heteroatoms. The van der Waals surface area contributed by atoms with E-state index in [-0.39, 0.29) is 29.1 Å². The van der Waals surface area contributed by atoms with Crippen molar-refractivity contribution in [2.75, 3.05) is 19.7 Å². The van der Waals surface area contributed by atoms with E-state index < -0.39 is 0 Å². The predicted molar refractivity (Wildman–Crippen MR) is 112 cm³/mol. The van der Waals surface area contributed by atoms with E-state index in [1.807, 2.05) is 31.2 Å². The van der Waals surface area contributed by atoms with Crippen LogP contribution in [-0.2, 0) is 14.3 Å². The lowest BCUT2D eigenvalue weighted by atomic mass is 9.97. The number of aromatic nitrogens is 1. The van der Waals surface area contributed by atoms with Gasteiger partial charge < -0.3 is 9.64 Å². The van der Waals surface area contributed by atoms with Gasteiger partial charge in [-0.2, -0.15) is 0 Å². The number of nitrogens with zero attached hydrogens (tertiary/aromatic N) is 2. The molecule has 0 spiro atoms. The van der Waals surface area contributed by atoms with Crippen molar-refractivity contribution >= 4 is 23.6 Å². The molecule has 0 bridgehead atoms. The van der Waals surface area contributed by atoms with E-state index in [0.717, 1.165) is 17.5 Å². The lowest BCUT2D eigenvalue weighted by molar-refractivity contribution is -0.150. The highest BCUT2D eigenvalue weighted by Gasteiger charge is 2.31. The van der Waals surface area contributed by atoms with Crippen LogP contribution in [-0.4, -0.2) is 41.0 Å². The molecule has 1 atom stereocenters. The summed E-state index contributed by atoms with van der Waals surface area (Å²) < 4.78 is 6.49. The molecule has 2 aromatic rings. The highest BCUT2D eigenvalue weighted by molar-refractivity contribution is 6.18. The normalized spacial score (nSPS) is 17.1. The van der Waals surface area contributed by atoms with Crippen LogP contribution in [0.5, 0.6) is 0 Å². The maximum atomic E-state index is 13.4. The molecule has 2 heterocycles. The summed E-state index contributed by atoms with van der Waals surface area (Å²) in [4.78, 5) is 39.6. The Morgan fingerprint density at radius 1 is 1.17 bits per heavy atom. The average molecular weight is 394 g/mol. The molecule has 1 aromatic carbocycles. The van der Waals surface area contributed by atoms with Crippen molar-refractivity contribution in [2.45, 2.75) is 26.7 Å². The maximum Gasteiger partial charge on any atom is 0.310 e. The van der Waals surface area contributed by atoms with Crippen LogP contribution in [0.15, 0.2) is 53.5 Å². The molecule has 1 fully saturated rings. The van der Waals surface area contributed by atoms with Crippen LogP contribution in [0.3, 0.4) is 0 Å². The van der Waals surface area contributed by atoms with E-state index >= 15 is 0 Å². The van der Waals surface area contributed by atoms with Crippen molar-refractivity contribution in [3.8, 4) is 0 Å². The molecule has 0 unspecified atom stereocenters. The molecule has 1 saturated heterocycles. The SMILES string of the molecule is CCOC(=O)[C@@H]1CCCN(C(=O)/C(=C\c2ccc(C)cc2)n2ccccc2=O)C1. The summed E-state index contributed by atoms with van der Waals surface area (Å²) in [6, 6.07) is 12.5. The van der Waals surface area contributed by atoms with Gasteiger partial charge in [0.25, 0.3) is 11.5 Å². The number of hydrogen-bond acceptors (Lipinski definition) is 4. The largest absolute Gasteiger partial charge is 0.466 e. The molecule has 6 nitrogen and oxygen atoms in total. The molecule has 0 aliphatic carbocycles. The fourth-order valence-electron chi connectivity index (χ4n) is 3.46. The Labute approximate surface area is 170 Å². The summed E-state index contributed by atoms with van der Waals surface area (Å²) in [7, 11) is 0. The Bertz CT molecular complexity index is 959. The monoisotopic (exact) mass is 394 g/mol. The van der Waals surface area contributed by atoms with Crippen LogP contribution in [0.4, 0.5) is 0 Å². The van der Waals surface area contributed by atoms with Crippen LogP contribution < -0.4 is 5.56 Å². The molecule has 0 N–H and O–H groups in total. The summed E-state index contributed by atoms with van der Waals surface area (Å²) in [6.07, 6.45) is 4.73. The molecule has 29 heavy (non-hydrogen) atoms. The molecule has 1 amide bonds. The Morgan fingerprint density at radius 2 is 1.93 bits per heavy atom.